The van der Waals surface area contributed by atoms with Gasteiger partial charge >= 0.3 is 0 Å². The fourth-order valence-electron chi connectivity index (χ4n) is 2.38. The molecule has 1 N–H and O–H groups in total. The van der Waals surface area contributed by atoms with Crippen LogP contribution in [0.3, 0.4) is 0 Å². The second-order valence-electron chi connectivity index (χ2n) is 5.65. The lowest BCUT2D eigenvalue weighted by Crippen LogP contribution is -2.15. The standard InChI is InChI=1S/C19H17N5O2/c1-14-7-9-16(10-8-14)21-18(25)17-19(26-12-11-20)24(23-22-17)13-15-5-3-2-4-6-15/h2-10H,12-13H2,1H3,(H,21,25). The molecule has 1 amide bonds. The normalized spacial score (nSPS) is 10.2. The fraction of sp³-hybridized carbons (Fsp3) is 0.158. The summed E-state index contributed by atoms with van der Waals surface area (Å²) in [5.74, 6) is -0.277. The number of carbonyl (C=O) groups is 1. The highest BCUT2D eigenvalue weighted by Crippen LogP contribution is 2.19. The third-order valence-corrected chi connectivity index (χ3v) is 3.66. The summed E-state index contributed by atoms with van der Waals surface area (Å²) in [6.07, 6.45) is 0. The van der Waals surface area contributed by atoms with E-state index in [1.807, 2.05) is 55.5 Å². The predicted molar refractivity (Wildman–Crippen MR) is 95.8 cm³/mol. The van der Waals surface area contributed by atoms with Crippen molar-refractivity contribution in [3.8, 4) is 11.9 Å². The van der Waals surface area contributed by atoms with Crippen LogP contribution in [-0.4, -0.2) is 27.5 Å². The van der Waals surface area contributed by atoms with Gasteiger partial charge in [-0.2, -0.15) is 5.26 Å². The van der Waals surface area contributed by atoms with Gasteiger partial charge in [0.25, 0.3) is 5.91 Å². The Bertz CT molecular complexity index is 927. The quantitative estimate of drug-likeness (QED) is 0.740. The molecule has 0 spiro atoms. The van der Waals surface area contributed by atoms with Crippen LogP contribution in [0.2, 0.25) is 0 Å². The van der Waals surface area contributed by atoms with Crippen molar-refractivity contribution < 1.29 is 9.53 Å². The maximum Gasteiger partial charge on any atom is 0.281 e. The molecule has 0 radical (unpaired) electrons. The number of nitrogens with one attached hydrogen (secondary N) is 1. The highest BCUT2D eigenvalue weighted by Gasteiger charge is 2.22. The number of hydrogen-bond donors (Lipinski definition) is 1. The van der Waals surface area contributed by atoms with E-state index in [1.54, 1.807) is 12.1 Å². The van der Waals surface area contributed by atoms with Crippen molar-refractivity contribution in [2.45, 2.75) is 13.5 Å². The van der Waals surface area contributed by atoms with Gasteiger partial charge in [-0.3, -0.25) is 4.79 Å². The van der Waals surface area contributed by atoms with Crippen molar-refractivity contribution in [1.82, 2.24) is 15.0 Å². The summed E-state index contributed by atoms with van der Waals surface area (Å²) in [6, 6.07) is 18.9. The molecular weight excluding hydrogens is 330 g/mol. The molecule has 3 rings (SSSR count). The molecule has 0 bridgehead atoms. The van der Waals surface area contributed by atoms with E-state index < -0.39 is 5.91 Å². The van der Waals surface area contributed by atoms with Gasteiger partial charge in [-0.25, -0.2) is 4.68 Å². The number of benzene rings is 2. The zero-order valence-corrected chi connectivity index (χ0v) is 14.2. The van der Waals surface area contributed by atoms with E-state index >= 15 is 0 Å². The Morgan fingerprint density at radius 2 is 1.92 bits per heavy atom. The monoisotopic (exact) mass is 347 g/mol. The lowest BCUT2D eigenvalue weighted by Gasteiger charge is -2.08. The molecular formula is C19H17N5O2. The SMILES string of the molecule is Cc1ccc(NC(=O)c2nnn(Cc3ccccc3)c2OCC#N)cc1. The first-order valence-electron chi connectivity index (χ1n) is 8.02. The summed E-state index contributed by atoms with van der Waals surface area (Å²) < 4.78 is 6.89. The van der Waals surface area contributed by atoms with Crippen molar-refractivity contribution in [1.29, 1.82) is 5.26 Å². The maximum absolute atomic E-state index is 12.6. The minimum atomic E-state index is -0.443. The van der Waals surface area contributed by atoms with Crippen molar-refractivity contribution in [2.75, 3.05) is 11.9 Å². The molecule has 0 aliphatic heterocycles. The Kier molecular flexibility index (Phi) is 5.25. The number of amides is 1. The Hall–Kier alpha value is -3.66. The molecule has 0 unspecified atom stereocenters. The minimum absolute atomic E-state index is 0.0387. The molecule has 7 nitrogen and oxygen atoms in total. The summed E-state index contributed by atoms with van der Waals surface area (Å²) in [6.45, 7) is 2.15. The molecule has 0 aliphatic carbocycles. The molecule has 0 atom stereocenters. The third kappa shape index (κ3) is 4.05. The number of anilines is 1. The number of nitrogens with zero attached hydrogens (tertiary/aromatic N) is 4. The first-order chi connectivity index (χ1) is 12.7. The number of aromatic nitrogens is 3. The van der Waals surface area contributed by atoms with Gasteiger partial charge in [0.1, 0.15) is 6.07 Å². The van der Waals surface area contributed by atoms with E-state index in [0.29, 0.717) is 12.2 Å². The smallest absolute Gasteiger partial charge is 0.281 e. The summed E-state index contributed by atoms with van der Waals surface area (Å²) >= 11 is 0. The van der Waals surface area contributed by atoms with Gasteiger partial charge < -0.3 is 10.1 Å². The first-order valence-corrected chi connectivity index (χ1v) is 8.02. The molecule has 3 aromatic rings. The Morgan fingerprint density at radius 3 is 2.62 bits per heavy atom. The summed E-state index contributed by atoms with van der Waals surface area (Å²) in [5.41, 5.74) is 2.75. The van der Waals surface area contributed by atoms with Crippen LogP contribution in [0.4, 0.5) is 5.69 Å². The third-order valence-electron chi connectivity index (χ3n) is 3.66. The molecule has 130 valence electrons. The van der Waals surface area contributed by atoms with Crippen LogP contribution in [0.25, 0.3) is 0 Å². The zero-order valence-electron chi connectivity index (χ0n) is 14.2. The molecule has 1 heterocycles. The average Bonchev–Trinajstić information content (AvgIpc) is 3.05. The topological polar surface area (TPSA) is 92.8 Å². The van der Waals surface area contributed by atoms with E-state index in [2.05, 4.69) is 15.6 Å². The summed E-state index contributed by atoms with van der Waals surface area (Å²) in [7, 11) is 0. The molecule has 0 aliphatic rings. The van der Waals surface area contributed by atoms with Gasteiger partial charge in [-0.1, -0.05) is 53.2 Å². The predicted octanol–water partition coefficient (Wildman–Crippen LogP) is 2.79. The molecule has 26 heavy (non-hydrogen) atoms. The van der Waals surface area contributed by atoms with E-state index in [-0.39, 0.29) is 18.2 Å². The van der Waals surface area contributed by atoms with E-state index in [0.717, 1.165) is 11.1 Å². The summed E-state index contributed by atoms with van der Waals surface area (Å²) in [4.78, 5) is 12.6. The van der Waals surface area contributed by atoms with Crippen LogP contribution in [0, 0.1) is 18.3 Å². The number of aryl methyl sites for hydroxylation is 1. The molecule has 0 fully saturated rings. The molecule has 0 saturated carbocycles. The number of hydrogen-bond acceptors (Lipinski definition) is 5. The van der Waals surface area contributed by atoms with Crippen LogP contribution >= 0.6 is 0 Å². The van der Waals surface area contributed by atoms with Crippen molar-refractivity contribution in [3.63, 3.8) is 0 Å². The summed E-state index contributed by atoms with van der Waals surface area (Å²) in [5, 5.41) is 19.5. The van der Waals surface area contributed by atoms with Crippen LogP contribution < -0.4 is 10.1 Å². The van der Waals surface area contributed by atoms with Crippen LogP contribution in [-0.2, 0) is 6.54 Å². The highest BCUT2D eigenvalue weighted by molar-refractivity contribution is 6.04. The van der Waals surface area contributed by atoms with Crippen molar-refractivity contribution in [3.05, 3.63) is 71.4 Å². The second kappa shape index (κ2) is 7.94. The second-order valence-corrected chi connectivity index (χ2v) is 5.65. The van der Waals surface area contributed by atoms with Crippen molar-refractivity contribution in [2.24, 2.45) is 0 Å². The Labute approximate surface area is 150 Å². The lowest BCUT2D eigenvalue weighted by molar-refractivity contribution is 0.101. The van der Waals surface area contributed by atoms with Crippen LogP contribution in [0.5, 0.6) is 5.88 Å². The highest BCUT2D eigenvalue weighted by atomic mass is 16.5. The zero-order chi connectivity index (χ0) is 18.4. The fourth-order valence-corrected chi connectivity index (χ4v) is 2.38. The molecule has 2 aromatic carbocycles. The first kappa shape index (κ1) is 17.2. The van der Waals surface area contributed by atoms with E-state index in [4.69, 9.17) is 10.00 Å². The molecule has 1 aromatic heterocycles. The Morgan fingerprint density at radius 1 is 1.19 bits per heavy atom. The van der Waals surface area contributed by atoms with Gasteiger partial charge in [-0.15, -0.1) is 5.10 Å². The largest absolute Gasteiger partial charge is 0.461 e. The van der Waals surface area contributed by atoms with Gasteiger partial charge in [0.15, 0.2) is 6.61 Å². The Balaban J connectivity index is 1.84. The van der Waals surface area contributed by atoms with Gasteiger partial charge in [0.2, 0.25) is 11.6 Å². The van der Waals surface area contributed by atoms with E-state index in [1.165, 1.54) is 4.68 Å². The number of rotatable bonds is 6. The van der Waals surface area contributed by atoms with E-state index in [9.17, 15) is 4.79 Å². The maximum atomic E-state index is 12.6. The van der Waals surface area contributed by atoms with Crippen LogP contribution in [0.15, 0.2) is 54.6 Å². The molecule has 0 saturated heterocycles. The van der Waals surface area contributed by atoms with Gasteiger partial charge in [0.05, 0.1) is 6.54 Å². The van der Waals surface area contributed by atoms with Crippen molar-refractivity contribution >= 4 is 11.6 Å². The number of nitriles is 1. The number of ether oxygens (including phenoxy) is 1. The van der Waals surface area contributed by atoms with Gasteiger partial charge in [-0.05, 0) is 24.6 Å². The number of carbonyl (C=O) groups excluding carboxylic acids is 1. The lowest BCUT2D eigenvalue weighted by atomic mass is 10.2. The van der Waals surface area contributed by atoms with Gasteiger partial charge in [0, 0.05) is 5.69 Å². The average molecular weight is 347 g/mol. The minimum Gasteiger partial charge on any atom is -0.461 e. The molecule has 7 heteroatoms. The van der Waals surface area contributed by atoms with Crippen LogP contribution in [0.1, 0.15) is 21.6 Å².